The SMILES string of the molecule is O=C(O)c1ccc(-c2ccc3c4ccc(-c5ccc(C(=O)O)cc5)cc4c4nc5c(-c6ccc7c(c6)C(c6ccccc6)(c6ccccc6)c6ccccc6-7)sc(-c6ccc7c(c6)C(c6ccccc6)(c6ccccc6)c6ccccc6-7)c5nc4c3c2)cc1. The van der Waals surface area contributed by atoms with Crippen LogP contribution in [0.5, 0.6) is 0 Å². The number of carboxylic acids is 2. The fraction of sp³-hybridized carbons (Fsp3) is 0.0244. The highest BCUT2D eigenvalue weighted by atomic mass is 32.1. The van der Waals surface area contributed by atoms with Crippen LogP contribution in [0.4, 0.5) is 0 Å². The number of fused-ring (bicyclic) bond motifs is 13. The molecule has 13 aromatic carbocycles. The van der Waals surface area contributed by atoms with Crippen LogP contribution in [-0.4, -0.2) is 32.1 Å². The van der Waals surface area contributed by atoms with Crippen LogP contribution >= 0.6 is 11.3 Å². The molecule has 2 N–H and O–H groups in total. The number of aromatic nitrogens is 2. The van der Waals surface area contributed by atoms with Gasteiger partial charge < -0.3 is 10.2 Å². The predicted octanol–water partition coefficient (Wildman–Crippen LogP) is 19.9. The normalized spacial score (nSPS) is 13.3. The highest BCUT2D eigenvalue weighted by molar-refractivity contribution is 7.20. The Bertz CT molecular complexity index is 5000. The average molecular weight is 1160 g/mol. The fourth-order valence-electron chi connectivity index (χ4n) is 14.8. The molecular formula is C82H50N2O4S. The van der Waals surface area contributed by atoms with E-state index in [4.69, 9.17) is 9.97 Å². The summed E-state index contributed by atoms with van der Waals surface area (Å²) in [5.41, 5.74) is 22.1. The molecule has 2 aromatic heterocycles. The highest BCUT2D eigenvalue weighted by Crippen LogP contribution is 2.60. The first-order valence-corrected chi connectivity index (χ1v) is 30.6. The summed E-state index contributed by atoms with van der Waals surface area (Å²) < 4.78 is 0. The number of carboxylic acid groups (broad SMARTS) is 2. The van der Waals surface area contributed by atoms with E-state index >= 15 is 0 Å². The molecule has 0 unspecified atom stereocenters. The number of thiophene rings is 1. The summed E-state index contributed by atoms with van der Waals surface area (Å²) >= 11 is 1.73. The van der Waals surface area contributed by atoms with Gasteiger partial charge >= 0.3 is 11.9 Å². The minimum Gasteiger partial charge on any atom is -0.478 e. The molecule has 7 heteroatoms. The Morgan fingerprint density at radius 2 is 0.596 bits per heavy atom. The maximum Gasteiger partial charge on any atom is 0.335 e. The van der Waals surface area contributed by atoms with Gasteiger partial charge in [-0.1, -0.05) is 243 Å². The van der Waals surface area contributed by atoms with Gasteiger partial charge in [-0.2, -0.15) is 0 Å². The van der Waals surface area contributed by atoms with Crippen LogP contribution in [0.25, 0.3) is 109 Å². The lowest BCUT2D eigenvalue weighted by atomic mass is 9.67. The number of benzene rings is 13. The van der Waals surface area contributed by atoms with Gasteiger partial charge in [0.05, 0.1) is 42.7 Å². The molecule has 0 bridgehead atoms. The first-order chi connectivity index (χ1) is 43.8. The molecule has 6 nitrogen and oxygen atoms in total. The topological polar surface area (TPSA) is 100 Å². The summed E-state index contributed by atoms with van der Waals surface area (Å²) in [6, 6.07) is 102. The quantitative estimate of drug-likeness (QED) is 0.132. The monoisotopic (exact) mass is 1160 g/mol. The molecule has 0 aliphatic heterocycles. The fourth-order valence-corrected chi connectivity index (χ4v) is 16.0. The largest absolute Gasteiger partial charge is 0.478 e. The van der Waals surface area contributed by atoms with Crippen LogP contribution < -0.4 is 0 Å². The maximum atomic E-state index is 12.1. The molecule has 2 heterocycles. The Morgan fingerprint density at radius 3 is 0.955 bits per heavy atom. The molecule has 0 amide bonds. The van der Waals surface area contributed by atoms with Crippen LogP contribution in [0.15, 0.2) is 291 Å². The lowest BCUT2D eigenvalue weighted by Gasteiger charge is -2.34. The number of hydrogen-bond acceptors (Lipinski definition) is 5. The zero-order valence-electron chi connectivity index (χ0n) is 47.7. The molecule has 0 saturated carbocycles. The Hall–Kier alpha value is -11.4. The van der Waals surface area contributed by atoms with E-state index in [1.165, 1.54) is 66.8 Å². The second kappa shape index (κ2) is 20.1. The Labute approximate surface area is 516 Å². The van der Waals surface area contributed by atoms with Crippen molar-refractivity contribution in [1.29, 1.82) is 0 Å². The first-order valence-electron chi connectivity index (χ1n) is 29.8. The maximum absolute atomic E-state index is 12.1. The van der Waals surface area contributed by atoms with E-state index in [9.17, 15) is 19.8 Å². The van der Waals surface area contributed by atoms with Crippen molar-refractivity contribution in [3.8, 4) is 65.4 Å². The number of aromatic carboxylic acids is 2. The van der Waals surface area contributed by atoms with Gasteiger partial charge in [0, 0.05) is 10.8 Å². The van der Waals surface area contributed by atoms with Crippen molar-refractivity contribution >= 4 is 66.9 Å². The lowest BCUT2D eigenvalue weighted by molar-refractivity contribution is 0.0686. The van der Waals surface area contributed by atoms with E-state index in [2.05, 4.69) is 243 Å². The molecule has 2 aliphatic rings. The minimum absolute atomic E-state index is 0.215. The van der Waals surface area contributed by atoms with Crippen molar-refractivity contribution in [3.63, 3.8) is 0 Å². The highest BCUT2D eigenvalue weighted by Gasteiger charge is 2.48. The number of nitrogens with zero attached hydrogens (tertiary/aromatic N) is 2. The lowest BCUT2D eigenvalue weighted by Crippen LogP contribution is -2.28. The van der Waals surface area contributed by atoms with Gasteiger partial charge in [-0.05, 0) is 159 Å². The number of hydrogen-bond donors (Lipinski definition) is 2. The zero-order chi connectivity index (χ0) is 59.5. The van der Waals surface area contributed by atoms with E-state index in [0.717, 1.165) is 86.7 Å². The van der Waals surface area contributed by atoms with E-state index in [0.29, 0.717) is 0 Å². The van der Waals surface area contributed by atoms with Gasteiger partial charge in [0.1, 0.15) is 11.0 Å². The van der Waals surface area contributed by atoms with Crippen molar-refractivity contribution in [2.24, 2.45) is 0 Å². The molecule has 0 spiro atoms. The predicted molar refractivity (Wildman–Crippen MR) is 360 cm³/mol. The van der Waals surface area contributed by atoms with Gasteiger partial charge in [-0.15, -0.1) is 11.3 Å². The van der Waals surface area contributed by atoms with Crippen LogP contribution in [0.1, 0.15) is 65.2 Å². The van der Waals surface area contributed by atoms with Crippen LogP contribution in [0.2, 0.25) is 0 Å². The summed E-state index contributed by atoms with van der Waals surface area (Å²) in [4.78, 5) is 38.1. The van der Waals surface area contributed by atoms with Crippen LogP contribution in [0.3, 0.4) is 0 Å². The molecule has 0 radical (unpaired) electrons. The van der Waals surface area contributed by atoms with Crippen molar-refractivity contribution in [2.75, 3.05) is 0 Å². The van der Waals surface area contributed by atoms with Gasteiger partial charge in [0.15, 0.2) is 0 Å². The minimum atomic E-state index is -0.981. The molecule has 418 valence electrons. The van der Waals surface area contributed by atoms with Crippen molar-refractivity contribution in [3.05, 3.63) is 347 Å². The Morgan fingerprint density at radius 1 is 0.281 bits per heavy atom. The second-order valence-corrected chi connectivity index (χ2v) is 24.3. The zero-order valence-corrected chi connectivity index (χ0v) is 48.5. The summed E-state index contributed by atoms with van der Waals surface area (Å²) in [6.07, 6.45) is 0. The van der Waals surface area contributed by atoms with Crippen molar-refractivity contribution in [2.45, 2.75) is 10.8 Å². The molecule has 17 rings (SSSR count). The number of carbonyl (C=O) groups is 2. The van der Waals surface area contributed by atoms with Gasteiger partial charge in [-0.3, -0.25) is 0 Å². The molecule has 15 aromatic rings. The van der Waals surface area contributed by atoms with E-state index in [1.807, 2.05) is 24.3 Å². The third kappa shape index (κ3) is 7.75. The second-order valence-electron chi connectivity index (χ2n) is 23.2. The summed E-state index contributed by atoms with van der Waals surface area (Å²) in [5.74, 6) is -1.96. The van der Waals surface area contributed by atoms with Gasteiger partial charge in [0.2, 0.25) is 0 Å². The Balaban J connectivity index is 0.983. The van der Waals surface area contributed by atoms with E-state index < -0.39 is 22.8 Å². The molecular weight excluding hydrogens is 1110 g/mol. The average Bonchev–Trinajstić information content (AvgIpc) is 1.73. The molecule has 0 saturated heterocycles. The summed E-state index contributed by atoms with van der Waals surface area (Å²) in [5, 5.41) is 23.5. The van der Waals surface area contributed by atoms with Crippen molar-refractivity contribution in [1.82, 2.24) is 9.97 Å². The smallest absolute Gasteiger partial charge is 0.335 e. The summed E-state index contributed by atoms with van der Waals surface area (Å²) in [7, 11) is 0. The summed E-state index contributed by atoms with van der Waals surface area (Å²) in [6.45, 7) is 0. The first kappa shape index (κ1) is 52.0. The van der Waals surface area contributed by atoms with Crippen LogP contribution in [-0.2, 0) is 10.8 Å². The third-order valence-electron chi connectivity index (χ3n) is 18.7. The van der Waals surface area contributed by atoms with E-state index in [-0.39, 0.29) is 11.1 Å². The molecule has 0 atom stereocenters. The third-order valence-corrected chi connectivity index (χ3v) is 20.0. The molecule has 0 fully saturated rings. The molecule has 2 aliphatic carbocycles. The van der Waals surface area contributed by atoms with Gasteiger partial charge in [-0.25, -0.2) is 19.6 Å². The van der Waals surface area contributed by atoms with E-state index in [1.54, 1.807) is 35.6 Å². The number of rotatable bonds is 10. The van der Waals surface area contributed by atoms with Crippen molar-refractivity contribution < 1.29 is 19.8 Å². The van der Waals surface area contributed by atoms with Crippen LogP contribution in [0, 0.1) is 0 Å². The van der Waals surface area contributed by atoms with Gasteiger partial charge in [0.25, 0.3) is 0 Å². The standard InChI is InChI=1S/C82H50N2O4S/c85-79(86)51-33-29-49(30-34-51)53-37-41-61-62-42-38-54(50-31-35-52(36-32-50)80(87)88)46-68(62)74-73(67(61)45-53)83-75-76(84-74)78(56-40-44-66-64-26-14-16-28-70(64)82(72(66)48-56,59-21-9-3-10-22-59)60-23-11-4-12-24-60)89-77(75)55-39-43-65-63-25-13-15-27-69(63)81(71(65)47-55,57-17-5-1-6-18-57)58-19-7-2-8-20-58/h1-48H,(H,85,86)(H,87,88). The Kier molecular flexibility index (Phi) is 11.7. The molecule has 89 heavy (non-hydrogen) atoms.